The van der Waals surface area contributed by atoms with Crippen LogP contribution in [0.1, 0.15) is 31.9 Å². The first-order chi connectivity index (χ1) is 6.09. The second kappa shape index (κ2) is 3.74. The maximum atomic E-state index is 2.37. The fourth-order valence-electron chi connectivity index (χ4n) is 1.99. The molecule has 2 rings (SSSR count). The van der Waals surface area contributed by atoms with Crippen molar-refractivity contribution in [2.45, 2.75) is 27.2 Å². The summed E-state index contributed by atoms with van der Waals surface area (Å²) in [5, 5.41) is 0. The van der Waals surface area contributed by atoms with E-state index in [-0.39, 0.29) is 16.4 Å². The first kappa shape index (κ1) is 11.3. The summed E-state index contributed by atoms with van der Waals surface area (Å²) in [5.41, 5.74) is 4.72. The lowest BCUT2D eigenvalue weighted by Gasteiger charge is -2.21. The minimum Gasteiger partial charge on any atom is -0.0758 e. The number of rotatable bonds is 0. The molecule has 0 aliphatic heterocycles. The van der Waals surface area contributed by atoms with Gasteiger partial charge in [0.2, 0.25) is 0 Å². The van der Waals surface area contributed by atoms with Gasteiger partial charge in [-0.25, -0.2) is 0 Å². The lowest BCUT2D eigenvalue weighted by molar-refractivity contribution is 0.567. The minimum absolute atomic E-state index is 0. The zero-order valence-electron chi connectivity index (χ0n) is 8.59. The minimum atomic E-state index is 0. The Balaban J connectivity index is 0.000000980. The lowest BCUT2D eigenvalue weighted by atomic mass is 9.83. The van der Waals surface area contributed by atoms with Crippen molar-refractivity contribution in [2.75, 3.05) is 0 Å². The molecular weight excluding hydrogens is 184 g/mol. The molecule has 0 fully saturated rings. The second-order valence-electron chi connectivity index (χ2n) is 4.73. The van der Waals surface area contributed by atoms with Crippen LogP contribution in [0.4, 0.5) is 0 Å². The smallest absolute Gasteiger partial charge is 0.00852 e. The van der Waals surface area contributed by atoms with Crippen LogP contribution in [-0.2, 0) is 6.42 Å². The molecule has 1 aliphatic carbocycles. The molecule has 0 aromatic heterocycles. The van der Waals surface area contributed by atoms with E-state index in [1.807, 2.05) is 0 Å². The summed E-state index contributed by atoms with van der Waals surface area (Å²) in [7, 11) is 0. The van der Waals surface area contributed by atoms with Crippen molar-refractivity contribution in [2.24, 2.45) is 5.41 Å². The number of allylic oxidation sites excluding steroid dienone is 2. The van der Waals surface area contributed by atoms with Gasteiger partial charge in [0.15, 0.2) is 0 Å². The maximum absolute atomic E-state index is 2.37. The van der Waals surface area contributed by atoms with E-state index in [0.29, 0.717) is 0 Å². The summed E-state index contributed by atoms with van der Waals surface area (Å²) in [5.74, 6) is 0. The molecule has 0 unspecified atom stereocenters. The van der Waals surface area contributed by atoms with Crippen LogP contribution >= 0.6 is 0 Å². The van der Waals surface area contributed by atoms with Gasteiger partial charge >= 0.3 is 0 Å². The first-order valence-electron chi connectivity index (χ1n) is 4.88. The molecule has 0 bridgehead atoms. The molecule has 0 nitrogen and oxygen atoms in total. The Morgan fingerprint density at radius 2 is 1.71 bits per heavy atom. The topological polar surface area (TPSA) is 0 Å². The molecule has 1 aliphatic rings. The number of benzene rings is 1. The van der Waals surface area contributed by atoms with E-state index in [1.165, 1.54) is 16.7 Å². The number of fused-ring (bicyclic) bond motifs is 1. The zero-order chi connectivity index (χ0) is 9.47. The van der Waals surface area contributed by atoms with Crippen LogP contribution in [0.25, 0.3) is 5.57 Å². The van der Waals surface area contributed by atoms with Gasteiger partial charge in [0.05, 0.1) is 0 Å². The molecule has 0 saturated carbocycles. The van der Waals surface area contributed by atoms with Crippen molar-refractivity contribution in [1.82, 2.24) is 0 Å². The molecule has 76 valence electrons. The summed E-state index contributed by atoms with van der Waals surface area (Å²) in [6, 6.07) is 8.71. The highest BCUT2D eigenvalue weighted by Gasteiger charge is 2.23. The summed E-state index contributed by atoms with van der Waals surface area (Å²) < 4.78 is 0. The third-order valence-corrected chi connectivity index (χ3v) is 2.64. The number of hydrogen-bond donors (Lipinski definition) is 0. The fourth-order valence-corrected chi connectivity index (χ4v) is 1.99. The first-order valence-corrected chi connectivity index (χ1v) is 4.88. The van der Waals surface area contributed by atoms with Gasteiger partial charge in [-0.1, -0.05) is 51.1 Å². The van der Waals surface area contributed by atoms with Crippen LogP contribution in [-0.4, -0.2) is 11.0 Å². The zero-order valence-corrected chi connectivity index (χ0v) is 8.59. The van der Waals surface area contributed by atoms with Crippen LogP contribution in [0.15, 0.2) is 30.3 Å². The predicted molar refractivity (Wildman–Crippen MR) is 68.9 cm³/mol. The van der Waals surface area contributed by atoms with E-state index in [0.717, 1.165) is 6.42 Å². The van der Waals surface area contributed by atoms with Crippen molar-refractivity contribution in [3.63, 3.8) is 0 Å². The van der Waals surface area contributed by atoms with Crippen molar-refractivity contribution in [3.8, 4) is 0 Å². The Labute approximate surface area is 91.1 Å². The monoisotopic (exact) mass is 204 g/mol. The van der Waals surface area contributed by atoms with Crippen LogP contribution in [0.5, 0.6) is 0 Å². The van der Waals surface area contributed by atoms with Gasteiger partial charge in [0.25, 0.3) is 0 Å². The van der Waals surface area contributed by atoms with Crippen molar-refractivity contribution in [3.05, 3.63) is 41.5 Å². The molecule has 1 aromatic carbocycles. The van der Waals surface area contributed by atoms with Crippen LogP contribution < -0.4 is 0 Å². The van der Waals surface area contributed by atoms with E-state index < -0.39 is 0 Å². The van der Waals surface area contributed by atoms with E-state index in [1.54, 1.807) is 0 Å². The molecule has 0 atom stereocenters. The third-order valence-electron chi connectivity index (χ3n) is 2.64. The van der Waals surface area contributed by atoms with Crippen molar-refractivity contribution < 1.29 is 0 Å². The highest BCUT2D eigenvalue weighted by Crippen LogP contribution is 2.39. The van der Waals surface area contributed by atoms with Crippen molar-refractivity contribution in [1.29, 1.82) is 0 Å². The molecule has 14 heavy (non-hydrogen) atoms. The maximum Gasteiger partial charge on any atom is -0.00852 e. The lowest BCUT2D eigenvalue weighted by Crippen LogP contribution is -2.06. The average molecular weight is 204 g/mol. The Morgan fingerprint density at radius 1 is 1.07 bits per heavy atom. The van der Waals surface area contributed by atoms with Gasteiger partial charge in [-0.2, -0.15) is 0 Å². The van der Waals surface area contributed by atoms with E-state index in [2.05, 4.69) is 51.1 Å². The van der Waals surface area contributed by atoms with Crippen LogP contribution in [0.3, 0.4) is 0 Å². The quantitative estimate of drug-likeness (QED) is 0.569. The van der Waals surface area contributed by atoms with Crippen LogP contribution in [0, 0.1) is 5.41 Å². The van der Waals surface area contributed by atoms with E-state index in [4.69, 9.17) is 0 Å². The van der Waals surface area contributed by atoms with Gasteiger partial charge in [-0.15, -0.1) is 0 Å². The molecule has 0 saturated heterocycles. The molecule has 0 N–H and O–H groups in total. The molecule has 1 aromatic rings. The summed E-state index contributed by atoms with van der Waals surface area (Å²) in [6.45, 7) is 6.84. The second-order valence-corrected chi connectivity index (χ2v) is 4.73. The molecular formula is C13H20Si. The Hall–Kier alpha value is -0.823. The van der Waals surface area contributed by atoms with E-state index in [9.17, 15) is 0 Å². The molecule has 0 amide bonds. The van der Waals surface area contributed by atoms with Crippen molar-refractivity contribution >= 4 is 16.5 Å². The molecule has 0 radical (unpaired) electrons. The third kappa shape index (κ3) is 1.83. The molecule has 0 heterocycles. The Kier molecular flexibility index (Phi) is 3.00. The van der Waals surface area contributed by atoms with E-state index >= 15 is 0 Å². The Bertz CT molecular complexity index is 356. The summed E-state index contributed by atoms with van der Waals surface area (Å²) >= 11 is 0. The van der Waals surface area contributed by atoms with Gasteiger partial charge in [0, 0.05) is 0 Å². The van der Waals surface area contributed by atoms with Crippen LogP contribution in [0.2, 0.25) is 0 Å². The van der Waals surface area contributed by atoms with Gasteiger partial charge in [-0.3, -0.25) is 0 Å². The van der Waals surface area contributed by atoms with Gasteiger partial charge in [0.1, 0.15) is 0 Å². The largest absolute Gasteiger partial charge is 0.0758 e. The number of hydrogen-bond acceptors (Lipinski definition) is 0. The molecule has 0 spiro atoms. The van der Waals surface area contributed by atoms with Gasteiger partial charge < -0.3 is 0 Å². The average Bonchev–Trinajstić information content (AvgIpc) is 2.45. The SMILES string of the molecule is CC(C)(C)C1=CCc2ccccc21.[SiH4]. The summed E-state index contributed by atoms with van der Waals surface area (Å²) in [6.07, 6.45) is 3.48. The molecule has 1 heteroatoms. The van der Waals surface area contributed by atoms with Gasteiger partial charge in [-0.05, 0) is 39.5 Å². The highest BCUT2D eigenvalue weighted by molar-refractivity contribution is 5.76. The summed E-state index contributed by atoms with van der Waals surface area (Å²) in [4.78, 5) is 0. The normalized spacial score (nSPS) is 14.4. The Morgan fingerprint density at radius 3 is 2.36 bits per heavy atom. The predicted octanol–water partition coefficient (Wildman–Crippen LogP) is 2.22. The highest BCUT2D eigenvalue weighted by atomic mass is 28.1. The standard InChI is InChI=1S/C13H16.H4Si/c1-13(2,3)12-9-8-10-6-4-5-7-11(10)12;/h4-7,9H,8H2,1-3H3;1H4. The fraction of sp³-hybridized carbons (Fsp3) is 0.385.